The number of halogens is 2. The van der Waals surface area contributed by atoms with Crippen LogP contribution in [0.4, 0.5) is 8.78 Å². The number of nitrogens with one attached hydrogen (secondary N) is 1. The Kier molecular flexibility index (Phi) is 5.32. The third-order valence-corrected chi connectivity index (χ3v) is 3.16. The lowest BCUT2D eigenvalue weighted by Gasteiger charge is -2.15. The number of ether oxygens (including phenoxy) is 3. The molecule has 7 heteroatoms. The highest BCUT2D eigenvalue weighted by atomic mass is 19.3. The Bertz CT molecular complexity index is 490. The van der Waals surface area contributed by atoms with Crippen molar-refractivity contribution in [3.63, 3.8) is 0 Å². The Morgan fingerprint density at radius 1 is 1.52 bits per heavy atom. The zero-order valence-electron chi connectivity index (χ0n) is 11.6. The van der Waals surface area contributed by atoms with Gasteiger partial charge < -0.3 is 19.5 Å². The number of methoxy groups -OCH3 is 1. The summed E-state index contributed by atoms with van der Waals surface area (Å²) in [5.41, 5.74) is 0.00708. The van der Waals surface area contributed by atoms with Crippen LogP contribution in [0.15, 0.2) is 18.2 Å². The predicted octanol–water partition coefficient (Wildman–Crippen LogP) is 2.21. The number of alkyl halides is 2. The lowest BCUT2D eigenvalue weighted by atomic mass is 10.1. The van der Waals surface area contributed by atoms with E-state index in [-0.39, 0.29) is 23.2 Å². The van der Waals surface area contributed by atoms with Crippen LogP contribution in [-0.4, -0.2) is 38.9 Å². The van der Waals surface area contributed by atoms with E-state index in [1.165, 1.54) is 25.3 Å². The normalized spacial score (nSPS) is 17.8. The Morgan fingerprint density at radius 3 is 2.95 bits per heavy atom. The molecule has 1 fully saturated rings. The van der Waals surface area contributed by atoms with E-state index in [0.29, 0.717) is 13.2 Å². The maximum atomic E-state index is 12.5. The van der Waals surface area contributed by atoms with Crippen LogP contribution in [0.5, 0.6) is 11.5 Å². The van der Waals surface area contributed by atoms with Gasteiger partial charge in [-0.25, -0.2) is 0 Å². The fourth-order valence-electron chi connectivity index (χ4n) is 2.17. The molecule has 0 saturated carbocycles. The molecule has 2 rings (SSSR count). The summed E-state index contributed by atoms with van der Waals surface area (Å²) in [6.07, 6.45) is 1.80. The summed E-state index contributed by atoms with van der Waals surface area (Å²) >= 11 is 0. The van der Waals surface area contributed by atoms with Crippen LogP contribution in [0.2, 0.25) is 0 Å². The van der Waals surface area contributed by atoms with Gasteiger partial charge in [-0.3, -0.25) is 4.79 Å². The van der Waals surface area contributed by atoms with Gasteiger partial charge in [0.25, 0.3) is 5.91 Å². The molecule has 1 amide bonds. The molecule has 1 aromatic carbocycles. The van der Waals surface area contributed by atoms with Crippen LogP contribution in [0.25, 0.3) is 0 Å². The minimum Gasteiger partial charge on any atom is -0.493 e. The van der Waals surface area contributed by atoms with Gasteiger partial charge in [0.05, 0.1) is 18.8 Å². The van der Waals surface area contributed by atoms with Gasteiger partial charge in [0, 0.05) is 13.2 Å². The van der Waals surface area contributed by atoms with Gasteiger partial charge >= 0.3 is 6.61 Å². The SMILES string of the molecule is COc1cccc(C(=O)NCC2CCCO2)c1OC(F)F. The number of rotatable bonds is 6. The Hall–Kier alpha value is -1.89. The summed E-state index contributed by atoms with van der Waals surface area (Å²) in [6.45, 7) is -2.02. The summed E-state index contributed by atoms with van der Waals surface area (Å²) in [5.74, 6) is -0.681. The molecule has 1 N–H and O–H groups in total. The Labute approximate surface area is 121 Å². The second-order valence-corrected chi connectivity index (χ2v) is 4.56. The van der Waals surface area contributed by atoms with Crippen molar-refractivity contribution in [1.82, 2.24) is 5.32 Å². The molecular weight excluding hydrogens is 284 g/mol. The number of hydrogen-bond donors (Lipinski definition) is 1. The smallest absolute Gasteiger partial charge is 0.387 e. The van der Waals surface area contributed by atoms with Crippen LogP contribution < -0.4 is 14.8 Å². The number of amides is 1. The fraction of sp³-hybridized carbons (Fsp3) is 0.500. The highest BCUT2D eigenvalue weighted by Crippen LogP contribution is 2.32. The van der Waals surface area contributed by atoms with Crippen molar-refractivity contribution in [2.45, 2.75) is 25.6 Å². The van der Waals surface area contributed by atoms with Gasteiger partial charge in [0.1, 0.15) is 0 Å². The Morgan fingerprint density at radius 2 is 2.33 bits per heavy atom. The van der Waals surface area contributed by atoms with Gasteiger partial charge in [-0.15, -0.1) is 0 Å². The molecule has 1 aromatic rings. The van der Waals surface area contributed by atoms with Crippen LogP contribution in [-0.2, 0) is 4.74 Å². The summed E-state index contributed by atoms with van der Waals surface area (Å²) in [4.78, 5) is 12.1. The molecule has 1 unspecified atom stereocenters. The zero-order chi connectivity index (χ0) is 15.2. The number of hydrogen-bond acceptors (Lipinski definition) is 4. The van der Waals surface area contributed by atoms with E-state index in [9.17, 15) is 13.6 Å². The molecule has 116 valence electrons. The van der Waals surface area contributed by atoms with Crippen molar-refractivity contribution < 1.29 is 27.8 Å². The highest BCUT2D eigenvalue weighted by Gasteiger charge is 2.22. The molecule has 21 heavy (non-hydrogen) atoms. The third-order valence-electron chi connectivity index (χ3n) is 3.16. The van der Waals surface area contributed by atoms with Crippen molar-refractivity contribution in [2.75, 3.05) is 20.3 Å². The van der Waals surface area contributed by atoms with E-state index in [1.54, 1.807) is 0 Å². The molecular formula is C14H17F2NO4. The second kappa shape index (κ2) is 7.21. The quantitative estimate of drug-likeness (QED) is 0.875. The molecule has 1 aliphatic heterocycles. The van der Waals surface area contributed by atoms with Crippen LogP contribution in [0, 0.1) is 0 Å². The maximum absolute atomic E-state index is 12.5. The number of benzene rings is 1. The molecule has 0 radical (unpaired) electrons. The lowest BCUT2D eigenvalue weighted by molar-refractivity contribution is -0.0515. The average Bonchev–Trinajstić information content (AvgIpc) is 2.97. The summed E-state index contributed by atoms with van der Waals surface area (Å²) in [7, 11) is 1.32. The topological polar surface area (TPSA) is 56.8 Å². The van der Waals surface area contributed by atoms with Crippen molar-refractivity contribution >= 4 is 5.91 Å². The van der Waals surface area contributed by atoms with Gasteiger partial charge in [0.2, 0.25) is 0 Å². The van der Waals surface area contributed by atoms with Crippen LogP contribution >= 0.6 is 0 Å². The number of para-hydroxylation sites is 1. The Balaban J connectivity index is 2.10. The van der Waals surface area contributed by atoms with E-state index in [2.05, 4.69) is 10.1 Å². The molecule has 1 heterocycles. The third kappa shape index (κ3) is 4.04. The molecule has 1 saturated heterocycles. The molecule has 1 atom stereocenters. The first-order valence-electron chi connectivity index (χ1n) is 6.63. The fourth-order valence-corrected chi connectivity index (χ4v) is 2.17. The molecule has 0 aliphatic carbocycles. The molecule has 0 spiro atoms. The largest absolute Gasteiger partial charge is 0.493 e. The van der Waals surface area contributed by atoms with Gasteiger partial charge in [-0.2, -0.15) is 8.78 Å². The summed E-state index contributed by atoms with van der Waals surface area (Å²) < 4.78 is 39.7. The van der Waals surface area contributed by atoms with E-state index in [0.717, 1.165) is 12.8 Å². The standard InChI is InChI=1S/C14H17F2NO4/c1-19-11-6-2-5-10(12(11)21-14(15)16)13(18)17-8-9-4-3-7-20-9/h2,5-6,9,14H,3-4,7-8H2,1H3,(H,17,18). The first-order chi connectivity index (χ1) is 10.1. The van der Waals surface area contributed by atoms with Gasteiger partial charge in [0.15, 0.2) is 11.5 Å². The molecule has 5 nitrogen and oxygen atoms in total. The monoisotopic (exact) mass is 301 g/mol. The van der Waals surface area contributed by atoms with Crippen LogP contribution in [0.3, 0.4) is 0 Å². The number of carbonyl (C=O) groups is 1. The zero-order valence-corrected chi connectivity index (χ0v) is 11.6. The van der Waals surface area contributed by atoms with Crippen molar-refractivity contribution in [3.05, 3.63) is 23.8 Å². The molecule has 0 aromatic heterocycles. The van der Waals surface area contributed by atoms with E-state index >= 15 is 0 Å². The first kappa shape index (κ1) is 15.5. The summed E-state index contributed by atoms with van der Waals surface area (Å²) in [6, 6.07) is 4.40. The minimum absolute atomic E-state index is 0.00708. The molecule has 0 bridgehead atoms. The lowest BCUT2D eigenvalue weighted by Crippen LogP contribution is -2.32. The minimum atomic E-state index is -3.04. The van der Waals surface area contributed by atoms with Crippen molar-refractivity contribution in [2.24, 2.45) is 0 Å². The highest BCUT2D eigenvalue weighted by molar-refractivity contribution is 5.97. The second-order valence-electron chi connectivity index (χ2n) is 4.56. The number of carbonyl (C=O) groups excluding carboxylic acids is 1. The predicted molar refractivity (Wildman–Crippen MR) is 70.9 cm³/mol. The van der Waals surface area contributed by atoms with Crippen molar-refractivity contribution in [3.8, 4) is 11.5 Å². The van der Waals surface area contributed by atoms with Crippen LogP contribution in [0.1, 0.15) is 23.2 Å². The maximum Gasteiger partial charge on any atom is 0.387 e. The first-order valence-corrected chi connectivity index (χ1v) is 6.63. The van der Waals surface area contributed by atoms with Gasteiger partial charge in [-0.1, -0.05) is 6.07 Å². The average molecular weight is 301 g/mol. The van der Waals surface area contributed by atoms with Crippen molar-refractivity contribution in [1.29, 1.82) is 0 Å². The molecule has 1 aliphatic rings. The van der Waals surface area contributed by atoms with Gasteiger partial charge in [-0.05, 0) is 25.0 Å². The van der Waals surface area contributed by atoms with E-state index in [1.807, 2.05) is 0 Å². The van der Waals surface area contributed by atoms with E-state index < -0.39 is 12.5 Å². The summed E-state index contributed by atoms with van der Waals surface area (Å²) in [5, 5.41) is 2.66. The van der Waals surface area contributed by atoms with E-state index in [4.69, 9.17) is 9.47 Å².